The average molecular weight is 396 g/mol. The number of nitrogens with zero attached hydrogens (tertiary/aromatic N) is 1. The average Bonchev–Trinajstić information content (AvgIpc) is 3.26. The summed E-state index contributed by atoms with van der Waals surface area (Å²) >= 11 is 0. The van der Waals surface area contributed by atoms with Gasteiger partial charge in [-0.15, -0.1) is 0 Å². The van der Waals surface area contributed by atoms with Gasteiger partial charge in [0, 0.05) is 18.7 Å². The lowest BCUT2D eigenvalue weighted by atomic mass is 10.2. The molecule has 0 atom stereocenters. The van der Waals surface area contributed by atoms with E-state index in [2.05, 4.69) is 5.32 Å². The Labute approximate surface area is 169 Å². The SMILES string of the molecule is COc1cc(NC(=O)N(Cc2ccccc2)Cc2ccco2)cc(OC)c1OC. The Morgan fingerprint density at radius 2 is 1.62 bits per heavy atom. The third kappa shape index (κ3) is 5.01. The van der Waals surface area contributed by atoms with Crippen LogP contribution in [0, 0.1) is 0 Å². The number of ether oxygens (including phenoxy) is 3. The zero-order chi connectivity index (χ0) is 20.6. The molecule has 2 aromatic carbocycles. The molecule has 0 aliphatic rings. The normalized spacial score (nSPS) is 10.3. The minimum Gasteiger partial charge on any atom is -0.493 e. The van der Waals surface area contributed by atoms with Gasteiger partial charge < -0.3 is 28.8 Å². The fraction of sp³-hybridized carbons (Fsp3) is 0.227. The van der Waals surface area contributed by atoms with Crippen molar-refractivity contribution in [2.45, 2.75) is 13.1 Å². The number of carbonyl (C=O) groups is 1. The number of rotatable bonds is 8. The maximum atomic E-state index is 13.1. The monoisotopic (exact) mass is 396 g/mol. The molecule has 29 heavy (non-hydrogen) atoms. The highest BCUT2D eigenvalue weighted by Gasteiger charge is 2.19. The zero-order valence-corrected chi connectivity index (χ0v) is 16.7. The number of nitrogens with one attached hydrogen (secondary N) is 1. The summed E-state index contributed by atoms with van der Waals surface area (Å²) in [6.45, 7) is 0.760. The van der Waals surface area contributed by atoms with Crippen LogP contribution in [0.25, 0.3) is 0 Å². The molecule has 7 heteroatoms. The minimum atomic E-state index is -0.278. The Balaban J connectivity index is 1.84. The second-order valence-electron chi connectivity index (χ2n) is 6.27. The highest BCUT2D eigenvalue weighted by atomic mass is 16.5. The molecular weight excluding hydrogens is 372 g/mol. The van der Waals surface area contributed by atoms with Gasteiger partial charge in [0.1, 0.15) is 5.76 Å². The molecule has 7 nitrogen and oxygen atoms in total. The van der Waals surface area contributed by atoms with Crippen LogP contribution in [-0.4, -0.2) is 32.3 Å². The maximum absolute atomic E-state index is 13.1. The standard InChI is InChI=1S/C22H24N2O5/c1-26-19-12-17(13-20(27-2)21(19)28-3)23-22(25)24(15-18-10-7-11-29-18)14-16-8-5-4-6-9-16/h4-13H,14-15H2,1-3H3,(H,23,25). The van der Waals surface area contributed by atoms with Gasteiger partial charge in [-0.05, 0) is 17.7 Å². The van der Waals surface area contributed by atoms with E-state index in [-0.39, 0.29) is 6.03 Å². The van der Waals surface area contributed by atoms with Crippen molar-refractivity contribution >= 4 is 11.7 Å². The number of hydrogen-bond acceptors (Lipinski definition) is 5. The third-order valence-corrected chi connectivity index (χ3v) is 4.35. The first kappa shape index (κ1) is 20.1. The maximum Gasteiger partial charge on any atom is 0.322 e. The van der Waals surface area contributed by atoms with E-state index in [1.807, 2.05) is 36.4 Å². The van der Waals surface area contributed by atoms with Gasteiger partial charge in [0.2, 0.25) is 5.75 Å². The Morgan fingerprint density at radius 3 is 2.17 bits per heavy atom. The van der Waals surface area contributed by atoms with Crippen molar-refractivity contribution in [3.05, 3.63) is 72.2 Å². The van der Waals surface area contributed by atoms with Crippen LogP contribution >= 0.6 is 0 Å². The van der Waals surface area contributed by atoms with Crippen LogP contribution in [0.3, 0.4) is 0 Å². The van der Waals surface area contributed by atoms with Crippen molar-refractivity contribution < 1.29 is 23.4 Å². The topological polar surface area (TPSA) is 73.2 Å². The van der Waals surface area contributed by atoms with Gasteiger partial charge in [-0.2, -0.15) is 0 Å². The van der Waals surface area contributed by atoms with Crippen molar-refractivity contribution in [1.82, 2.24) is 4.90 Å². The summed E-state index contributed by atoms with van der Waals surface area (Å²) in [6.07, 6.45) is 1.59. The van der Waals surface area contributed by atoms with Crippen LogP contribution in [0.2, 0.25) is 0 Å². The minimum absolute atomic E-state index is 0.278. The molecule has 2 amide bonds. The Bertz CT molecular complexity index is 901. The van der Waals surface area contributed by atoms with Crippen molar-refractivity contribution in [1.29, 1.82) is 0 Å². The second-order valence-corrected chi connectivity index (χ2v) is 6.27. The molecule has 1 N–H and O–H groups in total. The predicted octanol–water partition coefficient (Wildman–Crippen LogP) is 4.54. The lowest BCUT2D eigenvalue weighted by Gasteiger charge is -2.23. The molecule has 0 saturated heterocycles. The number of anilines is 1. The van der Waals surface area contributed by atoms with E-state index in [1.54, 1.807) is 29.4 Å². The van der Waals surface area contributed by atoms with Gasteiger partial charge in [-0.1, -0.05) is 30.3 Å². The summed E-state index contributed by atoms with van der Waals surface area (Å²) in [5, 5.41) is 2.91. The molecule has 0 bridgehead atoms. The number of furan rings is 1. The molecule has 152 valence electrons. The van der Waals surface area contributed by atoms with Crippen molar-refractivity contribution in [3.63, 3.8) is 0 Å². The molecule has 0 saturated carbocycles. The Morgan fingerprint density at radius 1 is 0.931 bits per heavy atom. The molecule has 0 spiro atoms. The van der Waals surface area contributed by atoms with E-state index in [0.29, 0.717) is 41.8 Å². The van der Waals surface area contributed by atoms with Gasteiger partial charge in [0.15, 0.2) is 11.5 Å². The van der Waals surface area contributed by atoms with E-state index in [9.17, 15) is 4.79 Å². The fourth-order valence-electron chi connectivity index (χ4n) is 2.95. The van der Waals surface area contributed by atoms with Crippen molar-refractivity contribution in [2.75, 3.05) is 26.6 Å². The smallest absolute Gasteiger partial charge is 0.322 e. The molecule has 0 aliphatic carbocycles. The van der Waals surface area contributed by atoms with Gasteiger partial charge in [0.25, 0.3) is 0 Å². The number of carbonyl (C=O) groups excluding carboxylic acids is 1. The highest BCUT2D eigenvalue weighted by molar-refractivity contribution is 5.90. The molecule has 0 radical (unpaired) electrons. The van der Waals surface area contributed by atoms with E-state index in [0.717, 1.165) is 5.56 Å². The largest absolute Gasteiger partial charge is 0.493 e. The van der Waals surface area contributed by atoms with Crippen LogP contribution < -0.4 is 19.5 Å². The molecular formula is C22H24N2O5. The highest BCUT2D eigenvalue weighted by Crippen LogP contribution is 2.40. The lowest BCUT2D eigenvalue weighted by Crippen LogP contribution is -2.34. The summed E-state index contributed by atoms with van der Waals surface area (Å²) in [5.41, 5.74) is 1.54. The van der Waals surface area contributed by atoms with Crippen molar-refractivity contribution in [3.8, 4) is 17.2 Å². The number of methoxy groups -OCH3 is 3. The van der Waals surface area contributed by atoms with Crippen LogP contribution in [0.5, 0.6) is 17.2 Å². The summed E-state index contributed by atoms with van der Waals surface area (Å²) in [6, 6.07) is 16.5. The predicted molar refractivity (Wildman–Crippen MR) is 110 cm³/mol. The van der Waals surface area contributed by atoms with Gasteiger partial charge >= 0.3 is 6.03 Å². The number of benzene rings is 2. The number of hydrogen-bond donors (Lipinski definition) is 1. The van der Waals surface area contributed by atoms with Crippen LogP contribution in [0.1, 0.15) is 11.3 Å². The third-order valence-electron chi connectivity index (χ3n) is 4.35. The second kappa shape index (κ2) is 9.54. The first-order valence-corrected chi connectivity index (χ1v) is 9.06. The van der Waals surface area contributed by atoms with E-state index >= 15 is 0 Å². The first-order chi connectivity index (χ1) is 14.1. The number of urea groups is 1. The lowest BCUT2D eigenvalue weighted by molar-refractivity contribution is 0.201. The molecule has 1 aromatic heterocycles. The molecule has 1 heterocycles. The summed E-state index contributed by atoms with van der Waals surface area (Å²) < 4.78 is 21.5. The van der Waals surface area contributed by atoms with E-state index < -0.39 is 0 Å². The fourth-order valence-corrected chi connectivity index (χ4v) is 2.95. The van der Waals surface area contributed by atoms with E-state index in [1.165, 1.54) is 21.3 Å². The summed E-state index contributed by atoms with van der Waals surface area (Å²) in [7, 11) is 4.59. The van der Waals surface area contributed by atoms with Crippen LogP contribution in [-0.2, 0) is 13.1 Å². The summed E-state index contributed by atoms with van der Waals surface area (Å²) in [4.78, 5) is 14.7. The number of amides is 2. The molecule has 3 rings (SSSR count). The Hall–Kier alpha value is -3.61. The Kier molecular flexibility index (Phi) is 6.63. The first-order valence-electron chi connectivity index (χ1n) is 9.06. The van der Waals surface area contributed by atoms with Crippen LogP contribution in [0.15, 0.2) is 65.3 Å². The quantitative estimate of drug-likeness (QED) is 0.605. The van der Waals surface area contributed by atoms with E-state index in [4.69, 9.17) is 18.6 Å². The van der Waals surface area contributed by atoms with Crippen molar-refractivity contribution in [2.24, 2.45) is 0 Å². The summed E-state index contributed by atoms with van der Waals surface area (Å²) in [5.74, 6) is 2.08. The van der Waals surface area contributed by atoms with Gasteiger partial charge in [-0.25, -0.2) is 4.79 Å². The molecule has 0 fully saturated rings. The molecule has 3 aromatic rings. The van der Waals surface area contributed by atoms with Gasteiger partial charge in [0.05, 0.1) is 39.8 Å². The zero-order valence-electron chi connectivity index (χ0n) is 16.7. The molecule has 0 unspecified atom stereocenters. The molecule has 0 aliphatic heterocycles. The van der Waals surface area contributed by atoms with Crippen LogP contribution in [0.4, 0.5) is 10.5 Å². The van der Waals surface area contributed by atoms with Gasteiger partial charge in [-0.3, -0.25) is 0 Å².